The Morgan fingerprint density at radius 2 is 1.10 bits per heavy atom. The molecule has 1 aliphatic rings. The monoisotopic (exact) mass is 1640 g/mol. The zero-order valence-electron chi connectivity index (χ0n) is 64.8. The van der Waals surface area contributed by atoms with E-state index >= 15 is 0 Å². The third-order valence-electron chi connectivity index (χ3n) is 17.7. The molecule has 0 spiro atoms. The number of nitrogens with one attached hydrogen (secondary N) is 13. The maximum absolute atomic E-state index is 14.8. The summed E-state index contributed by atoms with van der Waals surface area (Å²) in [4.78, 5) is 273. The standard InChI is InChI=1S/C72H104N16O28/c1-7-8-9-10-11-12-13-20-53(92)80-43(25-38-21-22-39(114-5)26-51(38)115-6)66(107)83-44(28-52(75)91)67(108)85-47(31-59(101)102)68(109)88-61-37(4)116-72(113)48(27-50(90)40-17-14-15-18-41(40)74)86-71(112)60(35(2)24-56(95)96)87-69(110)49(34-89)81-55(94)32-76-63(104)45(29-57(97)98)82-62(103)36(3)78-65(106)46(30-58(99)100)84-64(105)42(19-16-23-73)79-54(93)33-77-70(61)111/h14-15,17-18,21-22,26,35-37,42-49,60-61,89H,7-13,16,19-20,23-25,27-34,73-74H2,1-6H3,(H2,75,91)(H,76,104)(H,77,111)(H,78,106)(H,79,93)(H,80,92)(H,81,94)(H,82,103)(H,83,107)(H,84,105)(H,85,108)(H,86,112)(H,87,110)(H,88,109)(H,95,96)(H,97,98)(H,99,100)(H,101,102)/t35-,36-,37-,42+,43+,44-,45+,46+,47+,48+,49-,60+,61+/m1/s1. The highest BCUT2D eigenvalue weighted by Gasteiger charge is 2.41. The number of carboxylic acids is 4. The number of aliphatic carboxylic acids is 4. The Labute approximate surface area is 664 Å². The number of carbonyl (C=O) groups excluding carboxylic acids is 16. The van der Waals surface area contributed by atoms with E-state index in [1.165, 1.54) is 56.7 Å². The van der Waals surface area contributed by atoms with Crippen LogP contribution in [-0.2, 0) is 102 Å². The number of ketones is 1. The zero-order chi connectivity index (χ0) is 87.1. The molecule has 0 aromatic heterocycles. The molecule has 3 rings (SSSR count). The zero-order valence-corrected chi connectivity index (χ0v) is 64.8. The van der Waals surface area contributed by atoms with Gasteiger partial charge in [0.15, 0.2) is 5.78 Å². The second-order valence-electron chi connectivity index (χ2n) is 27.1. The van der Waals surface area contributed by atoms with E-state index in [4.69, 9.17) is 31.4 Å². The van der Waals surface area contributed by atoms with Crippen molar-refractivity contribution in [2.75, 3.05) is 46.2 Å². The van der Waals surface area contributed by atoms with Gasteiger partial charge in [-0.3, -0.25) is 91.1 Å². The predicted octanol–water partition coefficient (Wildman–Crippen LogP) is -6.09. The number of benzene rings is 2. The van der Waals surface area contributed by atoms with Gasteiger partial charge in [-0.25, -0.2) is 4.79 Å². The Morgan fingerprint density at radius 1 is 0.560 bits per heavy atom. The molecule has 14 amide bonds. The van der Waals surface area contributed by atoms with Crippen molar-refractivity contribution in [1.29, 1.82) is 0 Å². The smallest absolute Gasteiger partial charge is 0.329 e. The normalized spacial score (nSPS) is 21.0. The summed E-state index contributed by atoms with van der Waals surface area (Å²) in [6.45, 7) is 1.07. The van der Waals surface area contributed by atoms with E-state index < -0.39 is 261 Å². The number of aliphatic hydroxyl groups is 1. The number of hydrogen-bond acceptors (Lipinski definition) is 26. The molecule has 0 radical (unpaired) electrons. The summed E-state index contributed by atoms with van der Waals surface area (Å²) < 4.78 is 16.5. The molecule has 640 valence electrons. The summed E-state index contributed by atoms with van der Waals surface area (Å²) in [5.41, 5.74) is 17.2. The summed E-state index contributed by atoms with van der Waals surface area (Å²) >= 11 is 0. The first kappa shape index (κ1) is 97.6. The van der Waals surface area contributed by atoms with Crippen LogP contribution < -0.4 is 95.8 Å². The third kappa shape index (κ3) is 34.4. The fourth-order valence-electron chi connectivity index (χ4n) is 11.5. The molecule has 0 aliphatic carbocycles. The van der Waals surface area contributed by atoms with Gasteiger partial charge in [0, 0.05) is 36.6 Å². The van der Waals surface area contributed by atoms with Crippen molar-refractivity contribution in [3.63, 3.8) is 0 Å². The van der Waals surface area contributed by atoms with Crippen molar-refractivity contribution < 1.29 is 136 Å². The molecule has 1 heterocycles. The number of hydrogen-bond donors (Lipinski definition) is 21. The quantitative estimate of drug-likeness (QED) is 0.0130. The molecule has 0 saturated carbocycles. The molecule has 1 aliphatic heterocycles. The first-order valence-electron chi connectivity index (χ1n) is 36.9. The number of ether oxygens (including phenoxy) is 3. The highest BCUT2D eigenvalue weighted by Crippen LogP contribution is 2.26. The number of anilines is 1. The number of cyclic esters (lactones) is 1. The lowest BCUT2D eigenvalue weighted by Crippen LogP contribution is -2.62. The summed E-state index contributed by atoms with van der Waals surface area (Å²) in [6.07, 6.45) is -4.29. The Balaban J connectivity index is 2.31. The Hall–Kier alpha value is -12.6. The van der Waals surface area contributed by atoms with E-state index in [9.17, 15) is 121 Å². The number of carbonyl (C=O) groups is 20. The molecule has 0 unspecified atom stereocenters. The van der Waals surface area contributed by atoms with Crippen LogP contribution in [0.25, 0.3) is 0 Å². The lowest BCUT2D eigenvalue weighted by molar-refractivity contribution is -0.156. The summed E-state index contributed by atoms with van der Waals surface area (Å²) in [5.74, 6) is -29.5. The van der Waals surface area contributed by atoms with Gasteiger partial charge in [-0.2, -0.15) is 0 Å². The van der Waals surface area contributed by atoms with Gasteiger partial charge in [0.25, 0.3) is 0 Å². The van der Waals surface area contributed by atoms with Crippen LogP contribution in [0.5, 0.6) is 11.5 Å². The number of amides is 14. The van der Waals surface area contributed by atoms with Crippen LogP contribution in [0.15, 0.2) is 42.5 Å². The third-order valence-corrected chi connectivity index (χ3v) is 17.7. The first-order chi connectivity index (χ1) is 54.7. The molecule has 2 aromatic rings. The van der Waals surface area contributed by atoms with Gasteiger partial charge in [0.1, 0.15) is 84.1 Å². The molecule has 24 N–H and O–H groups in total. The number of methoxy groups -OCH3 is 2. The number of esters is 1. The van der Waals surface area contributed by atoms with E-state index in [1.807, 2.05) is 16.0 Å². The number of carboxylic acid groups (broad SMARTS) is 4. The molecule has 44 heteroatoms. The summed E-state index contributed by atoms with van der Waals surface area (Å²) in [5, 5.41) is 77.9. The number of nitrogens with two attached hydrogens (primary N) is 3. The topological polar surface area (TPSA) is 705 Å². The predicted molar refractivity (Wildman–Crippen MR) is 402 cm³/mol. The summed E-state index contributed by atoms with van der Waals surface area (Å²) in [7, 11) is 2.69. The van der Waals surface area contributed by atoms with E-state index in [0.717, 1.165) is 52.9 Å². The maximum atomic E-state index is 14.8. The van der Waals surface area contributed by atoms with E-state index in [-0.39, 0.29) is 42.8 Å². The molecule has 1 saturated heterocycles. The number of unbranched alkanes of at least 4 members (excludes halogenated alkanes) is 6. The minimum Gasteiger partial charge on any atom is -0.497 e. The summed E-state index contributed by atoms with van der Waals surface area (Å²) in [6, 6.07) is -13.2. The van der Waals surface area contributed by atoms with E-state index in [2.05, 4.69) is 60.1 Å². The van der Waals surface area contributed by atoms with Crippen molar-refractivity contribution in [3.8, 4) is 11.5 Å². The molecule has 2 aromatic carbocycles. The molecule has 116 heavy (non-hydrogen) atoms. The Bertz CT molecular complexity index is 3880. The van der Waals surface area contributed by atoms with E-state index in [0.29, 0.717) is 24.2 Å². The maximum Gasteiger partial charge on any atom is 0.329 e. The minimum absolute atomic E-state index is 0.0544. The molecular formula is C72H104N16O28. The SMILES string of the molecule is CCCCCCCCCC(=O)N[C@@H](Cc1ccc(OC)cc1OC)C(=O)N[C@H](CC(N)=O)C(=O)N[C@@H](CC(=O)O)C(=O)N[C@@H]1C(=O)NCC(=O)N[C@@H](CCCN)C(=O)N[C@@H](CC(=O)O)C(=O)N[C@H](C)C(=O)N[C@@H](CC(=O)O)C(=O)NCC(=O)N[C@H](CO)C(=O)N[C@@H]([C@H](C)CC(=O)O)C(=O)N[C@@H](CC(=O)c2ccccc2N)C(=O)O[C@@H]1C. The van der Waals surface area contributed by atoms with Crippen LogP contribution in [0.1, 0.15) is 146 Å². The Morgan fingerprint density at radius 3 is 1.67 bits per heavy atom. The average molecular weight is 1640 g/mol. The molecule has 1 fully saturated rings. The number of nitrogen functional groups attached to an aromatic ring is 1. The minimum atomic E-state index is -2.46. The largest absolute Gasteiger partial charge is 0.497 e. The van der Waals surface area contributed by atoms with Gasteiger partial charge >= 0.3 is 29.8 Å². The Kier molecular flexibility index (Phi) is 41.9. The second-order valence-corrected chi connectivity index (χ2v) is 27.1. The van der Waals surface area contributed by atoms with Gasteiger partial charge in [-0.15, -0.1) is 0 Å². The lowest BCUT2D eigenvalue weighted by Gasteiger charge is -2.30. The highest BCUT2D eigenvalue weighted by atomic mass is 16.5. The number of aliphatic hydroxyl groups excluding tert-OH is 1. The van der Waals surface area contributed by atoms with E-state index in [1.54, 1.807) is 0 Å². The van der Waals surface area contributed by atoms with Crippen LogP contribution in [-0.4, -0.2) is 257 Å². The molecule has 0 bridgehead atoms. The molecular weight excluding hydrogens is 1540 g/mol. The van der Waals surface area contributed by atoms with Crippen molar-refractivity contribution in [2.24, 2.45) is 17.4 Å². The molecule has 44 nitrogen and oxygen atoms in total. The van der Waals surface area contributed by atoms with Crippen molar-refractivity contribution in [1.82, 2.24) is 69.1 Å². The lowest BCUT2D eigenvalue weighted by atomic mass is 9.96. The van der Waals surface area contributed by atoms with Gasteiger partial charge in [-0.1, -0.05) is 70.6 Å². The van der Waals surface area contributed by atoms with Crippen molar-refractivity contribution >= 4 is 124 Å². The highest BCUT2D eigenvalue weighted by molar-refractivity contribution is 6.05. The van der Waals surface area contributed by atoms with Crippen LogP contribution in [0.3, 0.4) is 0 Å². The molecule has 13 atom stereocenters. The van der Waals surface area contributed by atoms with Crippen molar-refractivity contribution in [3.05, 3.63) is 53.6 Å². The number of rotatable bonds is 37. The second kappa shape index (κ2) is 49.8. The average Bonchev–Trinajstić information content (AvgIpc) is 0.839. The fourth-order valence-corrected chi connectivity index (χ4v) is 11.5. The van der Waals surface area contributed by atoms with Gasteiger partial charge < -0.3 is 126 Å². The van der Waals surface area contributed by atoms with Crippen LogP contribution in [0.4, 0.5) is 5.69 Å². The van der Waals surface area contributed by atoms with Crippen LogP contribution in [0, 0.1) is 5.92 Å². The van der Waals surface area contributed by atoms with Gasteiger partial charge in [0.2, 0.25) is 82.7 Å². The number of primary amides is 1. The van der Waals surface area contributed by atoms with Crippen LogP contribution >= 0.6 is 0 Å². The van der Waals surface area contributed by atoms with Crippen LogP contribution in [0.2, 0.25) is 0 Å². The number of Topliss-reactive ketones (excluding diaryl/α,β-unsaturated/α-hetero) is 1. The van der Waals surface area contributed by atoms with Crippen molar-refractivity contribution in [2.45, 2.75) is 209 Å². The number of para-hydroxylation sites is 1. The fraction of sp³-hybridized carbons (Fsp3) is 0.556. The first-order valence-corrected chi connectivity index (χ1v) is 36.9. The van der Waals surface area contributed by atoms with Gasteiger partial charge in [-0.05, 0) is 69.3 Å². The van der Waals surface area contributed by atoms with Gasteiger partial charge in [0.05, 0.1) is 66.0 Å².